The molecule has 0 bridgehead atoms. The van der Waals surface area contributed by atoms with E-state index in [-0.39, 0.29) is 87.8 Å². The van der Waals surface area contributed by atoms with Crippen LogP contribution in [-0.4, -0.2) is 170 Å². The summed E-state index contributed by atoms with van der Waals surface area (Å²) in [6.45, 7) is 24.7. The van der Waals surface area contributed by atoms with Crippen molar-refractivity contribution >= 4 is 66.6 Å². The Kier molecular flexibility index (Phi) is 66.9. The number of methoxy groups -OCH3 is 1. The van der Waals surface area contributed by atoms with Crippen LogP contribution in [0.1, 0.15) is 102 Å². The lowest BCUT2D eigenvalue weighted by atomic mass is 10.1. The molecule has 0 saturated carbocycles. The Balaban J connectivity index is -0.000000161. The number of unbranched alkanes of at least 4 members (excludes halogenated alkanes) is 7. The number of carbonyl (C=O) groups is 8. The number of rotatable bonds is 34. The van der Waals surface area contributed by atoms with Gasteiger partial charge in [0.05, 0.1) is 6.58 Å². The first kappa shape index (κ1) is 80.5. The largest absolute Gasteiger partial charge is 0.484 e. The Bertz CT molecular complexity index is 1410. The van der Waals surface area contributed by atoms with Crippen LogP contribution in [0.2, 0.25) is 19.6 Å². The van der Waals surface area contributed by atoms with Gasteiger partial charge in [-0.2, -0.15) is 11.1 Å². The highest BCUT2D eigenvalue weighted by atomic mass is 35.6. The van der Waals surface area contributed by atoms with Crippen LogP contribution in [0.5, 0.6) is 0 Å². The molecule has 0 aromatic carbocycles. The van der Waals surface area contributed by atoms with Gasteiger partial charge in [-0.05, 0) is 32.6 Å². The molecule has 23 heteroatoms. The minimum atomic E-state index is -1.14. The van der Waals surface area contributed by atoms with Crippen molar-refractivity contribution in [3.63, 3.8) is 0 Å². The zero-order chi connectivity index (χ0) is 54.4. The lowest BCUT2D eigenvalue weighted by Gasteiger charge is -2.22. The lowest BCUT2D eigenvalue weighted by molar-refractivity contribution is -0.149. The highest BCUT2D eigenvalue weighted by Gasteiger charge is 2.16. The van der Waals surface area contributed by atoms with Crippen molar-refractivity contribution in [2.45, 2.75) is 120 Å². The molecule has 21 nitrogen and oxygen atoms in total. The number of nitrogens with one attached hydrogen (secondary N) is 1. The van der Waals surface area contributed by atoms with E-state index in [0.29, 0.717) is 39.0 Å². The highest BCUT2D eigenvalue weighted by Crippen LogP contribution is 2.08. The third-order valence-corrected chi connectivity index (χ3v) is 7.51. The predicted octanol–water partition coefficient (Wildman–Crippen LogP) is 8.58. The van der Waals surface area contributed by atoms with Crippen LogP contribution >= 0.6 is 11.1 Å². The summed E-state index contributed by atoms with van der Waals surface area (Å²) >= 11 is 5.67. The number of esters is 5. The summed E-state index contributed by atoms with van der Waals surface area (Å²) in [6.07, 6.45) is 10.0. The fourth-order valence-corrected chi connectivity index (χ4v) is 4.46. The smallest absolute Gasteiger partial charge is 0.462 e. The van der Waals surface area contributed by atoms with Crippen LogP contribution in [0.25, 0.3) is 0 Å². The van der Waals surface area contributed by atoms with E-state index in [2.05, 4.69) is 54.2 Å². The normalized spacial score (nSPS) is 9.36. The molecule has 0 rings (SSSR count). The Labute approximate surface area is 439 Å². The van der Waals surface area contributed by atoms with E-state index >= 15 is 0 Å². The maximum atomic E-state index is 12.1. The van der Waals surface area contributed by atoms with E-state index in [0.717, 1.165) is 82.8 Å². The van der Waals surface area contributed by atoms with Crippen molar-refractivity contribution in [1.29, 1.82) is 0 Å². The molecule has 422 valence electrons. The van der Waals surface area contributed by atoms with Crippen molar-refractivity contribution < 1.29 is 87.5 Å². The van der Waals surface area contributed by atoms with Crippen LogP contribution in [0.4, 0.5) is 14.4 Å². The molecule has 0 aromatic rings. The lowest BCUT2D eigenvalue weighted by Crippen LogP contribution is -2.35. The number of carbonyl (C=O) groups excluding carboxylic acids is 8. The summed E-state index contributed by atoms with van der Waals surface area (Å²) in [5, 5.41) is 9.59. The van der Waals surface area contributed by atoms with Gasteiger partial charge in [0.1, 0.15) is 60.4 Å². The molecule has 0 spiro atoms. The van der Waals surface area contributed by atoms with Crippen molar-refractivity contribution in [2.24, 2.45) is 0 Å². The molecule has 0 unspecified atom stereocenters. The third kappa shape index (κ3) is 64.5. The van der Waals surface area contributed by atoms with Crippen molar-refractivity contribution in [3.8, 4) is 0 Å². The summed E-state index contributed by atoms with van der Waals surface area (Å²) in [7, 11) is 2.59. The van der Waals surface area contributed by atoms with Crippen LogP contribution in [0.15, 0.2) is 44.0 Å². The first-order chi connectivity index (χ1) is 33.4. The van der Waals surface area contributed by atoms with Crippen molar-refractivity contribution in [3.05, 3.63) is 50.6 Å². The summed E-state index contributed by atoms with van der Waals surface area (Å²) in [6, 6.07) is 0. The van der Waals surface area contributed by atoms with Gasteiger partial charge in [0.15, 0.2) is 6.61 Å². The van der Waals surface area contributed by atoms with Crippen molar-refractivity contribution in [2.75, 3.05) is 100.0 Å². The Hall–Kier alpha value is -5.54. The number of nitrogens with zero attached hydrogens (tertiary/aromatic N) is 2. The molecule has 72 heavy (non-hydrogen) atoms. The highest BCUT2D eigenvalue weighted by molar-refractivity contribution is 7.18. The van der Waals surface area contributed by atoms with Gasteiger partial charge in [0.2, 0.25) is 6.08 Å². The van der Waals surface area contributed by atoms with Gasteiger partial charge in [-0.15, -0.1) is 4.79 Å². The molecule has 0 aromatic heterocycles. The quantitative estimate of drug-likeness (QED) is 0.00893. The van der Waals surface area contributed by atoms with E-state index < -0.39 is 49.5 Å². The maximum absolute atomic E-state index is 12.1. The fraction of sp³-hybridized carbons (Fsp3) is 0.673. The molecule has 0 aliphatic carbocycles. The number of hydrogen-bond donors (Lipinski definition) is 2. The van der Waals surface area contributed by atoms with Gasteiger partial charge in [-0.25, -0.2) is 28.8 Å². The average Bonchev–Trinajstić information content (AvgIpc) is 3.34. The number of alkyl carbamates (subject to hydrolysis) is 1. The Morgan fingerprint density at radius 1 is 0.583 bits per heavy atom. The molecule has 0 heterocycles. The fourth-order valence-electron chi connectivity index (χ4n) is 4.46. The summed E-state index contributed by atoms with van der Waals surface area (Å²) in [4.78, 5) is 93.3. The van der Waals surface area contributed by atoms with Gasteiger partial charge in [0, 0.05) is 66.4 Å². The molecular formula is C49H93ClN3O18Si+. The molecule has 2 N–H and O–H groups in total. The van der Waals surface area contributed by atoms with E-state index in [4.69, 9.17) is 57.3 Å². The SMILES string of the molecule is C.C.C.C=CC(=O)OCCOC(=O)N(CC)CCCCCCN(COC)C(=O)OCCOC(=O)C=C.CO.C[Si](C)(C)Cl.[2H]C.[CH+]=CC(=O)OCCOC(=O)CCCCCCCNC(=O)OCCOC(=O)C=C. The van der Waals surface area contributed by atoms with E-state index in [1.165, 1.54) is 19.4 Å². The number of amides is 3. The van der Waals surface area contributed by atoms with Crippen LogP contribution in [-0.2, 0) is 66.6 Å². The summed E-state index contributed by atoms with van der Waals surface area (Å²) in [5.74, 6) is -2.71. The number of aliphatic hydroxyl groups is 1. The maximum Gasteiger partial charge on any atom is 0.484 e. The second-order valence-electron chi connectivity index (χ2n) is 14.2. The third-order valence-electron chi connectivity index (χ3n) is 7.51. The molecule has 0 atom stereocenters. The van der Waals surface area contributed by atoms with E-state index in [9.17, 15) is 38.4 Å². The topological polar surface area (TPSA) is 258 Å². The minimum absolute atomic E-state index is 0. The zero-order valence-corrected chi connectivity index (χ0v) is 43.7. The standard InChI is InChI=1S/C22H36N2O9.C19H27NO8.C3H9ClSi.CH4O.4CH4/c1-5-19(25)30-14-16-32-21(27)23(7-3)12-10-8-9-11-13-24(18-29-4)22(28)33-17-15-31-20(26)6-2;1-3-16(21)25-12-13-27-18(23)10-8-6-5-7-9-11-20-19(24)28-15-14-26-17(22)4-2;1-5(2,3)4;1-2;;;;/h5-6H,1-2,7-18H2,3-4H3;1,3-4H,2,5-15H2;1-3H3;2H,1H3;4*1H4/p+1/i;;;;1D;;;. The zero-order valence-electron chi connectivity index (χ0n) is 42.9. The van der Waals surface area contributed by atoms with Crippen LogP contribution in [0, 0.1) is 6.58 Å². The Morgan fingerprint density at radius 3 is 1.35 bits per heavy atom. The molecule has 0 aliphatic rings. The number of halogens is 1. The van der Waals surface area contributed by atoms with E-state index in [1.807, 2.05) is 6.92 Å². The molecule has 0 fully saturated rings. The second kappa shape index (κ2) is 59.8. The number of aliphatic hydroxyl groups excluding tert-OH is 1. The van der Waals surface area contributed by atoms with Gasteiger partial charge >= 0.3 is 48.1 Å². The van der Waals surface area contributed by atoms with Gasteiger partial charge < -0.3 is 58.0 Å². The first-order valence-corrected chi connectivity index (χ1v) is 26.5. The first-order valence-electron chi connectivity index (χ1n) is 23.0. The number of ether oxygens (including phenoxy) is 9. The minimum Gasteiger partial charge on any atom is -0.462 e. The molecule has 0 saturated heterocycles. The van der Waals surface area contributed by atoms with Crippen molar-refractivity contribution in [1.82, 2.24) is 15.1 Å². The van der Waals surface area contributed by atoms with Crippen LogP contribution < -0.4 is 5.32 Å². The van der Waals surface area contributed by atoms with Crippen LogP contribution in [0.3, 0.4) is 0 Å². The molecule has 0 radical (unpaired) electrons. The number of hydrogen-bond acceptors (Lipinski definition) is 18. The molecular weight excluding hydrogens is 982 g/mol. The second-order valence-corrected chi connectivity index (χ2v) is 21.8. The Morgan fingerprint density at radius 2 is 0.931 bits per heavy atom. The predicted molar refractivity (Wildman–Crippen MR) is 283 cm³/mol. The summed E-state index contributed by atoms with van der Waals surface area (Å²) in [5.41, 5.74) is 0. The average molecular weight is 1080 g/mol. The van der Waals surface area contributed by atoms with Gasteiger partial charge in [-0.1, -0.05) is 101 Å². The van der Waals surface area contributed by atoms with E-state index in [1.54, 1.807) is 4.90 Å². The molecule has 3 amide bonds. The monoisotopic (exact) mass is 1080 g/mol. The van der Waals surface area contributed by atoms with Gasteiger partial charge in [-0.3, -0.25) is 9.69 Å². The van der Waals surface area contributed by atoms with Gasteiger partial charge in [0.25, 0.3) is 0 Å². The molecule has 0 aliphatic heterocycles. The summed E-state index contributed by atoms with van der Waals surface area (Å²) < 4.78 is 49.4.